The maximum absolute atomic E-state index is 12.5. The fraction of sp³-hybridized carbons (Fsp3) is 0.565. The van der Waals surface area contributed by atoms with Crippen LogP contribution in [0.3, 0.4) is 0 Å². The summed E-state index contributed by atoms with van der Waals surface area (Å²) in [6, 6.07) is 10.2. The minimum atomic E-state index is 0.134. The molecule has 2 amide bonds. The molecular formula is C23H32N4O3. The number of aromatic nitrogens is 2. The lowest BCUT2D eigenvalue weighted by Gasteiger charge is -2.35. The van der Waals surface area contributed by atoms with Gasteiger partial charge >= 0.3 is 0 Å². The highest BCUT2D eigenvalue weighted by atomic mass is 16.5. The molecule has 1 aromatic carbocycles. The van der Waals surface area contributed by atoms with Gasteiger partial charge in [0.05, 0.1) is 0 Å². The van der Waals surface area contributed by atoms with Crippen molar-refractivity contribution in [1.82, 2.24) is 19.9 Å². The van der Waals surface area contributed by atoms with Crippen LogP contribution in [0.1, 0.15) is 62.7 Å². The number of carbonyl (C=O) groups excluding carboxylic acids is 2. The Kier molecular flexibility index (Phi) is 7.99. The molecule has 30 heavy (non-hydrogen) atoms. The number of amides is 2. The SMILES string of the molecule is CC(C)c1noc(CCCC(=O)N2CCN(C(=O)CCCc3ccccc3)CC2)n1. The van der Waals surface area contributed by atoms with Crippen LogP contribution in [0.2, 0.25) is 0 Å². The van der Waals surface area contributed by atoms with Gasteiger partial charge in [0.25, 0.3) is 0 Å². The Morgan fingerprint density at radius 3 is 2.03 bits per heavy atom. The lowest BCUT2D eigenvalue weighted by Crippen LogP contribution is -2.50. The summed E-state index contributed by atoms with van der Waals surface area (Å²) in [5.74, 6) is 1.87. The molecule has 1 saturated heterocycles. The molecule has 0 atom stereocenters. The summed E-state index contributed by atoms with van der Waals surface area (Å²) in [4.78, 5) is 33.0. The second-order valence-electron chi connectivity index (χ2n) is 8.16. The fourth-order valence-corrected chi connectivity index (χ4v) is 3.60. The van der Waals surface area contributed by atoms with Gasteiger partial charge in [0, 0.05) is 51.4 Å². The summed E-state index contributed by atoms with van der Waals surface area (Å²) in [5, 5.41) is 3.95. The van der Waals surface area contributed by atoms with Crippen molar-refractivity contribution in [2.24, 2.45) is 0 Å². The molecule has 1 fully saturated rings. The van der Waals surface area contributed by atoms with Crippen LogP contribution in [0.25, 0.3) is 0 Å². The van der Waals surface area contributed by atoms with Gasteiger partial charge in [-0.2, -0.15) is 4.98 Å². The Morgan fingerprint density at radius 2 is 1.50 bits per heavy atom. The van der Waals surface area contributed by atoms with Gasteiger partial charge in [-0.15, -0.1) is 0 Å². The zero-order valence-electron chi connectivity index (χ0n) is 18.0. The Morgan fingerprint density at radius 1 is 0.933 bits per heavy atom. The summed E-state index contributed by atoms with van der Waals surface area (Å²) in [7, 11) is 0. The highest BCUT2D eigenvalue weighted by Crippen LogP contribution is 2.13. The topological polar surface area (TPSA) is 79.5 Å². The summed E-state index contributed by atoms with van der Waals surface area (Å²) >= 11 is 0. The highest BCUT2D eigenvalue weighted by Gasteiger charge is 2.23. The smallest absolute Gasteiger partial charge is 0.226 e. The molecule has 1 aliphatic rings. The largest absolute Gasteiger partial charge is 0.339 e. The first-order valence-electron chi connectivity index (χ1n) is 10.9. The number of rotatable bonds is 9. The third-order valence-electron chi connectivity index (χ3n) is 5.47. The van der Waals surface area contributed by atoms with E-state index < -0.39 is 0 Å². The van der Waals surface area contributed by atoms with E-state index in [2.05, 4.69) is 22.3 Å². The Balaban J connectivity index is 1.32. The number of aryl methyl sites for hydroxylation is 2. The van der Waals surface area contributed by atoms with Gasteiger partial charge in [-0.1, -0.05) is 49.3 Å². The van der Waals surface area contributed by atoms with Crippen LogP contribution >= 0.6 is 0 Å². The van der Waals surface area contributed by atoms with Crippen molar-refractivity contribution in [2.45, 2.75) is 58.3 Å². The highest BCUT2D eigenvalue weighted by molar-refractivity contribution is 5.78. The molecule has 2 heterocycles. The van der Waals surface area contributed by atoms with Gasteiger partial charge in [-0.05, 0) is 24.8 Å². The van der Waals surface area contributed by atoms with E-state index in [4.69, 9.17) is 4.52 Å². The normalized spacial score (nSPS) is 14.4. The molecule has 1 aliphatic heterocycles. The predicted octanol–water partition coefficient (Wildman–Crippen LogP) is 3.21. The van der Waals surface area contributed by atoms with E-state index in [9.17, 15) is 9.59 Å². The molecule has 7 nitrogen and oxygen atoms in total. The standard InChI is InChI=1S/C23H32N4O3/c1-18(2)23-24-20(30-25-23)11-7-13-22(29)27-16-14-26(15-17-27)21(28)12-6-10-19-8-4-3-5-9-19/h3-5,8-9,18H,6-7,10-17H2,1-2H3. The lowest BCUT2D eigenvalue weighted by molar-refractivity contribution is -0.139. The van der Waals surface area contributed by atoms with Crippen LogP contribution < -0.4 is 0 Å². The molecule has 7 heteroatoms. The average Bonchev–Trinajstić information content (AvgIpc) is 3.24. The van der Waals surface area contributed by atoms with Crippen LogP contribution in [-0.4, -0.2) is 57.9 Å². The Labute approximate surface area is 178 Å². The summed E-state index contributed by atoms with van der Waals surface area (Å²) in [6.07, 6.45) is 4.11. The van der Waals surface area contributed by atoms with E-state index in [1.165, 1.54) is 5.56 Å². The third kappa shape index (κ3) is 6.40. The monoisotopic (exact) mass is 412 g/mol. The van der Waals surface area contributed by atoms with Crippen LogP contribution in [0, 0.1) is 0 Å². The van der Waals surface area contributed by atoms with E-state index >= 15 is 0 Å². The molecule has 0 unspecified atom stereocenters. The maximum atomic E-state index is 12.5. The second kappa shape index (κ2) is 10.9. The first kappa shape index (κ1) is 22.0. The first-order chi connectivity index (χ1) is 14.5. The van der Waals surface area contributed by atoms with Crippen molar-refractivity contribution in [3.8, 4) is 0 Å². The van der Waals surface area contributed by atoms with E-state index in [0.717, 1.165) is 12.8 Å². The lowest BCUT2D eigenvalue weighted by atomic mass is 10.1. The number of piperazine rings is 1. The molecule has 0 aliphatic carbocycles. The van der Waals surface area contributed by atoms with Crippen LogP contribution in [-0.2, 0) is 22.4 Å². The molecule has 0 bridgehead atoms. The Bertz CT molecular complexity index is 811. The van der Waals surface area contributed by atoms with Crippen molar-refractivity contribution in [3.05, 3.63) is 47.6 Å². The molecule has 2 aromatic rings. The van der Waals surface area contributed by atoms with E-state index in [1.54, 1.807) is 0 Å². The minimum absolute atomic E-state index is 0.134. The van der Waals surface area contributed by atoms with Crippen molar-refractivity contribution in [2.75, 3.05) is 26.2 Å². The number of nitrogens with zero attached hydrogens (tertiary/aromatic N) is 4. The van der Waals surface area contributed by atoms with Gasteiger partial charge < -0.3 is 14.3 Å². The summed E-state index contributed by atoms with van der Waals surface area (Å²) < 4.78 is 5.22. The molecule has 0 spiro atoms. The van der Waals surface area contributed by atoms with Crippen LogP contribution in [0.5, 0.6) is 0 Å². The molecular weight excluding hydrogens is 380 g/mol. The van der Waals surface area contributed by atoms with Gasteiger partial charge in [0.2, 0.25) is 17.7 Å². The quantitative estimate of drug-likeness (QED) is 0.632. The van der Waals surface area contributed by atoms with Gasteiger partial charge in [0.1, 0.15) is 0 Å². The van der Waals surface area contributed by atoms with E-state index in [0.29, 0.717) is 63.6 Å². The van der Waals surface area contributed by atoms with Crippen LogP contribution in [0.15, 0.2) is 34.9 Å². The fourth-order valence-electron chi connectivity index (χ4n) is 3.60. The van der Waals surface area contributed by atoms with Gasteiger partial charge in [0.15, 0.2) is 5.82 Å². The van der Waals surface area contributed by atoms with Crippen molar-refractivity contribution >= 4 is 11.8 Å². The van der Waals surface area contributed by atoms with Crippen molar-refractivity contribution in [3.63, 3.8) is 0 Å². The Hall–Kier alpha value is -2.70. The average molecular weight is 413 g/mol. The first-order valence-corrected chi connectivity index (χ1v) is 10.9. The molecule has 1 aromatic heterocycles. The van der Waals surface area contributed by atoms with Crippen molar-refractivity contribution < 1.29 is 14.1 Å². The molecule has 0 saturated carbocycles. The minimum Gasteiger partial charge on any atom is -0.339 e. The number of hydrogen-bond acceptors (Lipinski definition) is 5. The third-order valence-corrected chi connectivity index (χ3v) is 5.47. The summed E-state index contributed by atoms with van der Waals surface area (Å²) in [6.45, 7) is 6.51. The molecule has 0 N–H and O–H groups in total. The van der Waals surface area contributed by atoms with E-state index in [1.807, 2.05) is 41.8 Å². The molecule has 0 radical (unpaired) electrons. The maximum Gasteiger partial charge on any atom is 0.226 e. The van der Waals surface area contributed by atoms with Gasteiger partial charge in [-0.3, -0.25) is 9.59 Å². The van der Waals surface area contributed by atoms with E-state index in [-0.39, 0.29) is 17.7 Å². The predicted molar refractivity (Wildman–Crippen MR) is 114 cm³/mol. The number of hydrogen-bond donors (Lipinski definition) is 0. The van der Waals surface area contributed by atoms with Crippen LogP contribution in [0.4, 0.5) is 0 Å². The van der Waals surface area contributed by atoms with Crippen molar-refractivity contribution in [1.29, 1.82) is 0 Å². The molecule has 3 rings (SSSR count). The number of benzene rings is 1. The molecule has 162 valence electrons. The second-order valence-corrected chi connectivity index (χ2v) is 8.16. The zero-order chi connectivity index (χ0) is 21.3. The zero-order valence-corrected chi connectivity index (χ0v) is 18.0. The number of carbonyl (C=O) groups is 2. The van der Waals surface area contributed by atoms with Gasteiger partial charge in [-0.25, -0.2) is 0 Å². The summed E-state index contributed by atoms with van der Waals surface area (Å²) in [5.41, 5.74) is 1.27.